The summed E-state index contributed by atoms with van der Waals surface area (Å²) >= 11 is 6.33. The second-order valence-electron chi connectivity index (χ2n) is 10.5. The van der Waals surface area contributed by atoms with Crippen molar-refractivity contribution in [3.8, 4) is 22.6 Å². The van der Waals surface area contributed by atoms with Crippen LogP contribution in [0.5, 0.6) is 0 Å². The van der Waals surface area contributed by atoms with Crippen LogP contribution in [0.15, 0.2) is 83.3 Å². The number of ketones is 1. The fourth-order valence-electron chi connectivity index (χ4n) is 5.37. The lowest BCUT2D eigenvalue weighted by Crippen LogP contribution is -2.54. The Morgan fingerprint density at radius 3 is 2.24 bits per heavy atom. The molecule has 0 aliphatic heterocycles. The number of carbonyl (C=O) groups is 3. The summed E-state index contributed by atoms with van der Waals surface area (Å²) in [5, 5.41) is 14.4. The van der Waals surface area contributed by atoms with E-state index in [1.807, 2.05) is 66.7 Å². The molecule has 4 aromatic rings. The number of hydrogen-bond acceptors (Lipinski definition) is 6. The van der Waals surface area contributed by atoms with Gasteiger partial charge in [0.25, 0.3) is 11.8 Å². The standard InChI is InChI=1S/C33H33ClN4O4/c1-2-27(29(39)33-38-37-32(42-33)24-13-7-4-8-14-24)35-31(41)28(22-11-5-3-6-12-22)36-30(40)23-19-17-21(18-20-23)25-15-9-10-16-26(25)34/h4,7-10,13-20,22,27-28H,2-3,5-6,11-12H2,1H3,(H,35,41)(H,36,40)/t27-,28-/m0/s1. The van der Waals surface area contributed by atoms with Crippen LogP contribution in [-0.2, 0) is 4.79 Å². The molecule has 1 aliphatic carbocycles. The van der Waals surface area contributed by atoms with Crippen molar-refractivity contribution in [2.24, 2.45) is 5.92 Å². The van der Waals surface area contributed by atoms with E-state index < -0.39 is 23.8 Å². The first kappa shape index (κ1) is 29.2. The van der Waals surface area contributed by atoms with Crippen molar-refractivity contribution in [3.05, 3.63) is 95.3 Å². The van der Waals surface area contributed by atoms with Gasteiger partial charge in [0.15, 0.2) is 0 Å². The van der Waals surface area contributed by atoms with E-state index in [1.165, 1.54) is 0 Å². The molecule has 0 radical (unpaired) electrons. The first-order valence-electron chi connectivity index (χ1n) is 14.3. The highest BCUT2D eigenvalue weighted by atomic mass is 35.5. The molecule has 5 rings (SSSR count). The van der Waals surface area contributed by atoms with E-state index in [4.69, 9.17) is 16.0 Å². The lowest BCUT2D eigenvalue weighted by molar-refractivity contribution is -0.125. The smallest absolute Gasteiger partial charge is 0.286 e. The first-order valence-corrected chi connectivity index (χ1v) is 14.7. The SMILES string of the molecule is CC[C@H](NC(=O)[C@@H](NC(=O)c1ccc(-c2ccccc2Cl)cc1)C1CCCCC1)C(=O)c1nnc(-c2ccccc2)o1. The lowest BCUT2D eigenvalue weighted by atomic mass is 9.83. The zero-order chi connectivity index (χ0) is 29.5. The Hall–Kier alpha value is -4.30. The fourth-order valence-corrected chi connectivity index (χ4v) is 5.61. The van der Waals surface area contributed by atoms with E-state index >= 15 is 0 Å². The van der Waals surface area contributed by atoms with Crippen molar-refractivity contribution in [3.63, 3.8) is 0 Å². The number of nitrogens with zero attached hydrogens (tertiary/aromatic N) is 2. The van der Waals surface area contributed by atoms with Crippen LogP contribution in [0.3, 0.4) is 0 Å². The summed E-state index contributed by atoms with van der Waals surface area (Å²) in [5.41, 5.74) is 2.89. The molecule has 8 nitrogen and oxygen atoms in total. The molecule has 2 N–H and O–H groups in total. The van der Waals surface area contributed by atoms with Gasteiger partial charge in [0.2, 0.25) is 17.6 Å². The van der Waals surface area contributed by atoms with E-state index in [-0.39, 0.29) is 23.6 Å². The number of Topliss-reactive ketones (excluding diaryl/α,β-unsaturated/α-hetero) is 1. The predicted octanol–water partition coefficient (Wildman–Crippen LogP) is 6.51. The van der Waals surface area contributed by atoms with E-state index in [9.17, 15) is 14.4 Å². The van der Waals surface area contributed by atoms with Gasteiger partial charge in [0, 0.05) is 21.7 Å². The highest BCUT2D eigenvalue weighted by Crippen LogP contribution is 2.29. The molecule has 1 heterocycles. The molecular weight excluding hydrogens is 552 g/mol. The van der Waals surface area contributed by atoms with Crippen LogP contribution in [0, 0.1) is 5.92 Å². The molecule has 1 aliphatic rings. The minimum Gasteiger partial charge on any atom is -0.414 e. The number of carbonyl (C=O) groups excluding carboxylic acids is 3. The maximum Gasteiger partial charge on any atom is 0.286 e. The predicted molar refractivity (Wildman–Crippen MR) is 161 cm³/mol. The summed E-state index contributed by atoms with van der Waals surface area (Å²) < 4.78 is 5.64. The molecule has 9 heteroatoms. The number of rotatable bonds is 10. The molecular formula is C33H33ClN4O4. The maximum atomic E-state index is 13.7. The van der Waals surface area contributed by atoms with Crippen LogP contribution in [-0.4, -0.2) is 39.9 Å². The molecule has 3 aromatic carbocycles. The highest BCUT2D eigenvalue weighted by molar-refractivity contribution is 6.33. The summed E-state index contributed by atoms with van der Waals surface area (Å²) in [7, 11) is 0. The van der Waals surface area contributed by atoms with Gasteiger partial charge in [0.05, 0.1) is 6.04 Å². The summed E-state index contributed by atoms with van der Waals surface area (Å²) in [6.45, 7) is 1.80. The van der Waals surface area contributed by atoms with Crippen LogP contribution < -0.4 is 10.6 Å². The van der Waals surface area contributed by atoms with Crippen molar-refractivity contribution in [1.29, 1.82) is 0 Å². The van der Waals surface area contributed by atoms with Crippen molar-refractivity contribution < 1.29 is 18.8 Å². The van der Waals surface area contributed by atoms with Crippen LogP contribution in [0.4, 0.5) is 0 Å². The molecule has 0 spiro atoms. The summed E-state index contributed by atoms with van der Waals surface area (Å²) in [6.07, 6.45) is 5.02. The van der Waals surface area contributed by atoms with Crippen molar-refractivity contribution in [2.45, 2.75) is 57.5 Å². The van der Waals surface area contributed by atoms with Crippen molar-refractivity contribution in [1.82, 2.24) is 20.8 Å². The second-order valence-corrected chi connectivity index (χ2v) is 10.9. The molecule has 0 bridgehead atoms. The third-order valence-corrected chi connectivity index (χ3v) is 8.05. The molecule has 1 aromatic heterocycles. The fraction of sp³-hybridized carbons (Fsp3) is 0.303. The molecule has 2 amide bonds. The van der Waals surface area contributed by atoms with Crippen LogP contribution >= 0.6 is 11.6 Å². The minimum absolute atomic E-state index is 0.0363. The topological polar surface area (TPSA) is 114 Å². The first-order chi connectivity index (χ1) is 20.4. The Morgan fingerprint density at radius 1 is 0.857 bits per heavy atom. The molecule has 216 valence electrons. The normalized spacial score (nSPS) is 15.0. The highest BCUT2D eigenvalue weighted by Gasteiger charge is 2.34. The Morgan fingerprint density at radius 2 is 1.55 bits per heavy atom. The monoisotopic (exact) mass is 584 g/mol. The average molecular weight is 585 g/mol. The molecule has 0 unspecified atom stereocenters. The summed E-state index contributed by atoms with van der Waals surface area (Å²) in [5.74, 6) is -1.19. The lowest BCUT2D eigenvalue weighted by Gasteiger charge is -2.31. The minimum atomic E-state index is -0.875. The van der Waals surface area contributed by atoms with Crippen molar-refractivity contribution in [2.75, 3.05) is 0 Å². The van der Waals surface area contributed by atoms with E-state index in [0.717, 1.165) is 43.2 Å². The van der Waals surface area contributed by atoms with Gasteiger partial charge in [-0.05, 0) is 61.1 Å². The number of hydrogen-bond donors (Lipinski definition) is 2. The van der Waals surface area contributed by atoms with Crippen LogP contribution in [0.2, 0.25) is 5.02 Å². The van der Waals surface area contributed by atoms with Gasteiger partial charge in [-0.15, -0.1) is 10.2 Å². The molecule has 1 fully saturated rings. The second kappa shape index (κ2) is 13.6. The van der Waals surface area contributed by atoms with Gasteiger partial charge in [-0.3, -0.25) is 14.4 Å². The van der Waals surface area contributed by atoms with E-state index in [1.54, 1.807) is 19.1 Å². The zero-order valence-corrected chi connectivity index (χ0v) is 24.1. The summed E-state index contributed by atoms with van der Waals surface area (Å²) in [4.78, 5) is 40.3. The molecule has 0 saturated heterocycles. The van der Waals surface area contributed by atoms with Gasteiger partial charge in [-0.1, -0.05) is 86.3 Å². The third kappa shape index (κ3) is 6.77. The van der Waals surface area contributed by atoms with Gasteiger partial charge in [0.1, 0.15) is 6.04 Å². The van der Waals surface area contributed by atoms with Gasteiger partial charge < -0.3 is 15.1 Å². The Labute approximate surface area is 249 Å². The number of nitrogens with one attached hydrogen (secondary N) is 2. The number of aromatic nitrogens is 2. The van der Waals surface area contributed by atoms with E-state index in [0.29, 0.717) is 22.6 Å². The Kier molecular flexibility index (Phi) is 9.44. The number of amides is 2. The molecule has 2 atom stereocenters. The van der Waals surface area contributed by atoms with Gasteiger partial charge in [-0.25, -0.2) is 0 Å². The third-order valence-electron chi connectivity index (χ3n) is 7.72. The Bertz CT molecular complexity index is 1530. The Balaban J connectivity index is 1.30. The van der Waals surface area contributed by atoms with Gasteiger partial charge >= 0.3 is 0 Å². The van der Waals surface area contributed by atoms with Crippen molar-refractivity contribution >= 4 is 29.2 Å². The van der Waals surface area contributed by atoms with E-state index in [2.05, 4.69) is 20.8 Å². The largest absolute Gasteiger partial charge is 0.414 e. The number of halogens is 1. The van der Waals surface area contributed by atoms with Crippen LogP contribution in [0.25, 0.3) is 22.6 Å². The average Bonchev–Trinajstić information content (AvgIpc) is 3.54. The quantitative estimate of drug-likeness (QED) is 0.205. The maximum absolute atomic E-state index is 13.7. The molecule has 1 saturated carbocycles. The number of benzene rings is 3. The van der Waals surface area contributed by atoms with Crippen LogP contribution in [0.1, 0.15) is 66.5 Å². The zero-order valence-electron chi connectivity index (χ0n) is 23.4. The van der Waals surface area contributed by atoms with Gasteiger partial charge in [-0.2, -0.15) is 0 Å². The molecule has 42 heavy (non-hydrogen) atoms. The summed E-state index contributed by atoms with van der Waals surface area (Å²) in [6, 6.07) is 22.1.